The zero-order valence-corrected chi connectivity index (χ0v) is 10.6. The van der Waals surface area contributed by atoms with Gasteiger partial charge in [0.1, 0.15) is 5.01 Å². The normalized spacial score (nSPS) is 19.7. The van der Waals surface area contributed by atoms with Crippen molar-refractivity contribution in [1.82, 2.24) is 4.98 Å². The summed E-state index contributed by atoms with van der Waals surface area (Å²) in [7, 11) is 0. The molecule has 0 amide bonds. The van der Waals surface area contributed by atoms with Crippen LogP contribution in [-0.2, 0) is 6.42 Å². The van der Waals surface area contributed by atoms with Gasteiger partial charge in [0, 0.05) is 17.3 Å². The molecule has 0 fully saturated rings. The van der Waals surface area contributed by atoms with Gasteiger partial charge in [-0.3, -0.25) is 0 Å². The van der Waals surface area contributed by atoms with Gasteiger partial charge in [0.05, 0.1) is 10.6 Å². The van der Waals surface area contributed by atoms with Gasteiger partial charge < -0.3 is 5.73 Å². The quantitative estimate of drug-likeness (QED) is 0.888. The van der Waals surface area contributed by atoms with Crippen molar-refractivity contribution in [2.45, 2.75) is 25.2 Å². The van der Waals surface area contributed by atoms with E-state index in [0.29, 0.717) is 5.92 Å². The van der Waals surface area contributed by atoms with Crippen LogP contribution in [0.1, 0.15) is 29.3 Å². The topological polar surface area (TPSA) is 38.9 Å². The molecule has 1 unspecified atom stereocenters. The predicted molar refractivity (Wildman–Crippen MR) is 70.2 cm³/mol. The Morgan fingerprint density at radius 2 is 2.44 bits per heavy atom. The number of nitrogens with zero attached hydrogens (tertiary/aromatic N) is 1. The molecule has 1 aliphatic carbocycles. The first-order valence-electron chi connectivity index (χ1n) is 5.62. The minimum absolute atomic E-state index is 0.494. The van der Waals surface area contributed by atoms with Crippen LogP contribution < -0.4 is 5.73 Å². The molecule has 2 aromatic rings. The van der Waals surface area contributed by atoms with Crippen molar-refractivity contribution in [2.24, 2.45) is 5.73 Å². The Morgan fingerprint density at radius 3 is 3.19 bits per heavy atom. The first-order chi connectivity index (χ1) is 7.88. The Hall–Kier alpha value is -0.710. The minimum atomic E-state index is 0.494. The molecule has 1 atom stereocenters. The highest BCUT2D eigenvalue weighted by molar-refractivity contribution is 7.21. The summed E-state index contributed by atoms with van der Waals surface area (Å²) in [5, 5.41) is 3.29. The molecule has 84 valence electrons. The van der Waals surface area contributed by atoms with E-state index < -0.39 is 0 Å². The van der Waals surface area contributed by atoms with Gasteiger partial charge in [0.2, 0.25) is 0 Å². The lowest BCUT2D eigenvalue weighted by atomic mass is 9.91. The molecular weight excluding hydrogens is 236 g/mol. The summed E-state index contributed by atoms with van der Waals surface area (Å²) < 4.78 is 0. The van der Waals surface area contributed by atoms with Crippen LogP contribution in [0.4, 0.5) is 0 Å². The first-order valence-corrected chi connectivity index (χ1v) is 7.31. The molecule has 0 spiro atoms. The van der Waals surface area contributed by atoms with Gasteiger partial charge in [0.15, 0.2) is 0 Å². The van der Waals surface area contributed by atoms with Gasteiger partial charge in [-0.25, -0.2) is 4.98 Å². The number of aromatic nitrogens is 1. The van der Waals surface area contributed by atoms with E-state index in [0.717, 1.165) is 6.54 Å². The van der Waals surface area contributed by atoms with Crippen molar-refractivity contribution >= 4 is 22.7 Å². The number of hydrogen-bond acceptors (Lipinski definition) is 4. The number of aryl methyl sites for hydroxylation is 1. The average Bonchev–Trinajstić information content (AvgIpc) is 2.96. The Morgan fingerprint density at radius 1 is 1.50 bits per heavy atom. The molecule has 0 aromatic carbocycles. The van der Waals surface area contributed by atoms with E-state index in [2.05, 4.69) is 17.5 Å². The van der Waals surface area contributed by atoms with Crippen LogP contribution in [0.5, 0.6) is 0 Å². The highest BCUT2D eigenvalue weighted by Gasteiger charge is 2.24. The number of rotatable bonds is 2. The molecule has 3 rings (SSSR count). The molecule has 4 heteroatoms. The third kappa shape index (κ3) is 1.71. The highest BCUT2D eigenvalue weighted by atomic mass is 32.1. The van der Waals surface area contributed by atoms with E-state index in [1.54, 1.807) is 11.3 Å². The van der Waals surface area contributed by atoms with Crippen molar-refractivity contribution < 1.29 is 0 Å². The second-order valence-electron chi connectivity index (χ2n) is 4.13. The molecule has 1 aliphatic rings. The van der Waals surface area contributed by atoms with E-state index in [9.17, 15) is 0 Å². The molecule has 0 saturated carbocycles. The molecular formula is C12H14N2S2. The van der Waals surface area contributed by atoms with E-state index in [-0.39, 0.29) is 0 Å². The number of hydrogen-bond donors (Lipinski definition) is 1. The lowest BCUT2D eigenvalue weighted by Gasteiger charge is -2.18. The van der Waals surface area contributed by atoms with Gasteiger partial charge in [-0.2, -0.15) is 0 Å². The van der Waals surface area contributed by atoms with E-state index >= 15 is 0 Å². The fraction of sp³-hybridized carbons (Fsp3) is 0.417. The minimum Gasteiger partial charge on any atom is -0.330 e. The van der Waals surface area contributed by atoms with Crippen LogP contribution in [-0.4, -0.2) is 11.5 Å². The Bertz CT molecular complexity index is 473. The van der Waals surface area contributed by atoms with Crippen molar-refractivity contribution in [2.75, 3.05) is 6.54 Å². The molecule has 2 N–H and O–H groups in total. The lowest BCUT2D eigenvalue weighted by Crippen LogP contribution is -2.17. The third-order valence-electron chi connectivity index (χ3n) is 3.09. The Kier molecular flexibility index (Phi) is 2.79. The Balaban J connectivity index is 2.02. The molecule has 2 aromatic heterocycles. The highest BCUT2D eigenvalue weighted by Crippen LogP contribution is 2.38. The zero-order valence-electron chi connectivity index (χ0n) is 8.98. The van der Waals surface area contributed by atoms with Crippen LogP contribution in [0.25, 0.3) is 9.88 Å². The third-order valence-corrected chi connectivity index (χ3v) is 5.26. The summed E-state index contributed by atoms with van der Waals surface area (Å²) in [5.74, 6) is 0.494. The maximum atomic E-state index is 5.81. The fourth-order valence-corrected chi connectivity index (χ4v) is 4.23. The van der Waals surface area contributed by atoms with Gasteiger partial charge in [-0.15, -0.1) is 22.7 Å². The standard InChI is InChI=1S/C12H14N2S2/c13-7-8-3-1-4-9-11(8)14-12(16-9)10-5-2-6-15-10/h2,5-6,8H,1,3-4,7,13H2. The van der Waals surface area contributed by atoms with Crippen LogP contribution in [0, 0.1) is 0 Å². The fourth-order valence-electron chi connectivity index (χ4n) is 2.24. The number of fused-ring (bicyclic) bond motifs is 1. The second kappa shape index (κ2) is 4.28. The largest absolute Gasteiger partial charge is 0.330 e. The van der Waals surface area contributed by atoms with E-state index in [1.807, 2.05) is 11.3 Å². The zero-order chi connectivity index (χ0) is 11.0. The van der Waals surface area contributed by atoms with Crippen molar-refractivity contribution in [3.63, 3.8) is 0 Å². The van der Waals surface area contributed by atoms with E-state index in [1.165, 1.54) is 39.7 Å². The van der Waals surface area contributed by atoms with Gasteiger partial charge in [0.25, 0.3) is 0 Å². The number of thiazole rings is 1. The van der Waals surface area contributed by atoms with Crippen molar-refractivity contribution in [3.05, 3.63) is 28.1 Å². The average molecular weight is 250 g/mol. The van der Waals surface area contributed by atoms with Crippen molar-refractivity contribution in [1.29, 1.82) is 0 Å². The summed E-state index contributed by atoms with van der Waals surface area (Å²) in [6.07, 6.45) is 3.66. The van der Waals surface area contributed by atoms with Crippen LogP contribution in [0.3, 0.4) is 0 Å². The summed E-state index contributed by atoms with van der Waals surface area (Å²) >= 11 is 3.62. The Labute approximate surface area is 103 Å². The van der Waals surface area contributed by atoms with Gasteiger partial charge in [-0.05, 0) is 30.7 Å². The van der Waals surface area contributed by atoms with Crippen molar-refractivity contribution in [3.8, 4) is 9.88 Å². The molecule has 0 radical (unpaired) electrons. The monoisotopic (exact) mass is 250 g/mol. The maximum Gasteiger partial charge on any atom is 0.133 e. The van der Waals surface area contributed by atoms with Crippen LogP contribution in [0.15, 0.2) is 17.5 Å². The second-order valence-corrected chi connectivity index (χ2v) is 6.16. The summed E-state index contributed by atoms with van der Waals surface area (Å²) in [4.78, 5) is 7.54. The maximum absolute atomic E-state index is 5.81. The van der Waals surface area contributed by atoms with Crippen LogP contribution in [0.2, 0.25) is 0 Å². The smallest absolute Gasteiger partial charge is 0.133 e. The molecule has 0 saturated heterocycles. The van der Waals surface area contributed by atoms with Crippen LogP contribution >= 0.6 is 22.7 Å². The molecule has 0 aliphatic heterocycles. The lowest BCUT2D eigenvalue weighted by molar-refractivity contribution is 0.554. The SMILES string of the molecule is NCC1CCCc2sc(-c3cccs3)nc21. The molecule has 0 bridgehead atoms. The first kappa shape index (κ1) is 10.4. The summed E-state index contributed by atoms with van der Waals surface area (Å²) in [5.41, 5.74) is 7.09. The predicted octanol–water partition coefficient (Wildman–Crippen LogP) is 3.25. The number of thiophene rings is 1. The van der Waals surface area contributed by atoms with Gasteiger partial charge >= 0.3 is 0 Å². The number of nitrogens with two attached hydrogens (primary N) is 1. The molecule has 2 nitrogen and oxygen atoms in total. The molecule has 16 heavy (non-hydrogen) atoms. The van der Waals surface area contributed by atoms with Gasteiger partial charge in [-0.1, -0.05) is 6.07 Å². The summed E-state index contributed by atoms with van der Waals surface area (Å²) in [6.45, 7) is 0.737. The molecule has 2 heterocycles. The van der Waals surface area contributed by atoms with E-state index in [4.69, 9.17) is 10.7 Å². The summed E-state index contributed by atoms with van der Waals surface area (Å²) in [6, 6.07) is 4.23.